The van der Waals surface area contributed by atoms with Crippen LogP contribution >= 0.6 is 0 Å². The Morgan fingerprint density at radius 1 is 1.35 bits per heavy atom. The summed E-state index contributed by atoms with van der Waals surface area (Å²) in [6, 6.07) is 3.64. The quantitative estimate of drug-likeness (QED) is 0.705. The molecule has 0 saturated heterocycles. The Balaban J connectivity index is 3.19. The monoisotopic (exact) mass is 238 g/mol. The van der Waals surface area contributed by atoms with E-state index >= 15 is 0 Å². The maximum atomic E-state index is 12.4. The van der Waals surface area contributed by atoms with Crippen LogP contribution in [0, 0.1) is 23.2 Å². The van der Waals surface area contributed by atoms with Crippen LogP contribution in [0.5, 0.6) is 0 Å². The number of hydrogen-bond donors (Lipinski definition) is 0. The Hall–Kier alpha value is -2.01. The van der Waals surface area contributed by atoms with Gasteiger partial charge >= 0.3 is 6.18 Å². The lowest BCUT2D eigenvalue weighted by atomic mass is 10.2. The molecule has 5 heteroatoms. The Morgan fingerprint density at radius 3 is 2.59 bits per heavy atom. The van der Waals surface area contributed by atoms with E-state index in [9.17, 15) is 13.2 Å². The summed E-state index contributed by atoms with van der Waals surface area (Å²) < 4.78 is 37.2. The molecular formula is C12H9F3N2. The maximum Gasteiger partial charge on any atom is 0.433 e. The summed E-state index contributed by atoms with van der Waals surface area (Å²) in [5.41, 5.74) is -1.09. The van der Waals surface area contributed by atoms with Gasteiger partial charge in [0.15, 0.2) is 0 Å². The number of nitrogens with zero attached hydrogens (tertiary/aromatic N) is 2. The van der Waals surface area contributed by atoms with E-state index in [0.717, 1.165) is 18.6 Å². The van der Waals surface area contributed by atoms with Crippen LogP contribution in [0.15, 0.2) is 12.1 Å². The number of pyridine rings is 1. The van der Waals surface area contributed by atoms with E-state index in [1.165, 1.54) is 0 Å². The van der Waals surface area contributed by atoms with Crippen molar-refractivity contribution >= 4 is 0 Å². The molecule has 0 radical (unpaired) electrons. The summed E-state index contributed by atoms with van der Waals surface area (Å²) in [4.78, 5) is 3.37. The van der Waals surface area contributed by atoms with Crippen molar-refractivity contribution in [1.82, 2.24) is 4.98 Å². The van der Waals surface area contributed by atoms with E-state index in [4.69, 9.17) is 5.26 Å². The number of hydrogen-bond acceptors (Lipinski definition) is 2. The zero-order chi connectivity index (χ0) is 12.9. The Bertz CT molecular complexity index is 501. The van der Waals surface area contributed by atoms with E-state index in [-0.39, 0.29) is 11.3 Å². The third kappa shape index (κ3) is 3.49. The molecule has 0 N–H and O–H groups in total. The number of nitriles is 1. The highest BCUT2D eigenvalue weighted by atomic mass is 19.4. The minimum Gasteiger partial charge on any atom is -0.233 e. The van der Waals surface area contributed by atoms with Crippen LogP contribution in [-0.4, -0.2) is 4.98 Å². The minimum atomic E-state index is -4.52. The van der Waals surface area contributed by atoms with Crippen LogP contribution < -0.4 is 0 Å². The first-order valence-corrected chi connectivity index (χ1v) is 4.96. The molecule has 0 aliphatic rings. The number of aromatic nitrogens is 1. The lowest BCUT2D eigenvalue weighted by Gasteiger charge is -2.05. The van der Waals surface area contributed by atoms with Gasteiger partial charge in [0.1, 0.15) is 17.5 Å². The summed E-state index contributed by atoms with van der Waals surface area (Å²) in [6.45, 7) is 1.90. The van der Waals surface area contributed by atoms with Gasteiger partial charge in [-0.15, -0.1) is 0 Å². The highest BCUT2D eigenvalue weighted by Crippen LogP contribution is 2.27. The van der Waals surface area contributed by atoms with Crippen LogP contribution in [0.25, 0.3) is 0 Å². The summed E-state index contributed by atoms with van der Waals surface area (Å²) in [6.07, 6.45) is -3.16. The van der Waals surface area contributed by atoms with Crippen molar-refractivity contribution in [2.24, 2.45) is 0 Å². The molecule has 0 aliphatic carbocycles. The molecule has 1 aromatic rings. The molecule has 0 amide bonds. The van der Waals surface area contributed by atoms with E-state index in [2.05, 4.69) is 16.8 Å². The van der Waals surface area contributed by atoms with Gasteiger partial charge in [-0.1, -0.05) is 12.8 Å². The number of rotatable bonds is 1. The van der Waals surface area contributed by atoms with Crippen LogP contribution in [0.1, 0.15) is 36.7 Å². The van der Waals surface area contributed by atoms with Crippen LogP contribution in [0.3, 0.4) is 0 Å². The molecule has 88 valence electrons. The Morgan fingerprint density at radius 2 is 2.06 bits per heavy atom. The first-order valence-electron chi connectivity index (χ1n) is 4.96. The number of alkyl halides is 3. The molecule has 1 aromatic heterocycles. The molecule has 0 spiro atoms. The fourth-order valence-corrected chi connectivity index (χ4v) is 1.07. The summed E-state index contributed by atoms with van der Waals surface area (Å²) in [5, 5.41) is 8.73. The highest BCUT2D eigenvalue weighted by Gasteiger charge is 2.32. The maximum absolute atomic E-state index is 12.4. The second kappa shape index (κ2) is 5.36. The second-order valence-electron chi connectivity index (χ2n) is 3.25. The van der Waals surface area contributed by atoms with Gasteiger partial charge in [-0.25, -0.2) is 4.98 Å². The smallest absolute Gasteiger partial charge is 0.233 e. The average molecular weight is 238 g/mol. The molecule has 17 heavy (non-hydrogen) atoms. The fraction of sp³-hybridized carbons (Fsp3) is 0.333. The van der Waals surface area contributed by atoms with Gasteiger partial charge < -0.3 is 0 Å². The van der Waals surface area contributed by atoms with Crippen molar-refractivity contribution in [2.45, 2.75) is 25.9 Å². The van der Waals surface area contributed by atoms with Crippen molar-refractivity contribution in [2.75, 3.05) is 0 Å². The first-order chi connectivity index (χ1) is 7.99. The Labute approximate surface area is 97.1 Å². The van der Waals surface area contributed by atoms with Gasteiger partial charge in [-0.2, -0.15) is 18.4 Å². The topological polar surface area (TPSA) is 36.7 Å². The average Bonchev–Trinajstić information content (AvgIpc) is 2.28. The zero-order valence-corrected chi connectivity index (χ0v) is 9.10. The molecule has 0 bridgehead atoms. The van der Waals surface area contributed by atoms with Crippen LogP contribution in [0.4, 0.5) is 13.2 Å². The van der Waals surface area contributed by atoms with Crippen LogP contribution in [-0.2, 0) is 6.18 Å². The molecule has 0 fully saturated rings. The predicted octanol–water partition coefficient (Wildman–Crippen LogP) is 3.12. The predicted molar refractivity (Wildman–Crippen MR) is 55.7 cm³/mol. The number of unbranched alkanes of at least 4 members (excludes halogenated alkanes) is 1. The molecule has 1 heterocycles. The molecule has 2 nitrogen and oxygen atoms in total. The molecule has 1 rings (SSSR count). The van der Waals surface area contributed by atoms with Crippen LogP contribution in [0.2, 0.25) is 0 Å². The van der Waals surface area contributed by atoms with E-state index in [0.29, 0.717) is 6.42 Å². The normalized spacial score (nSPS) is 10.3. The van der Waals surface area contributed by atoms with Crippen molar-refractivity contribution < 1.29 is 13.2 Å². The molecule has 0 aromatic carbocycles. The van der Waals surface area contributed by atoms with E-state index in [1.807, 2.05) is 6.92 Å². The van der Waals surface area contributed by atoms with Gasteiger partial charge in [-0.3, -0.25) is 0 Å². The SMILES string of the molecule is CCCC#Cc1nc(C(F)(F)F)ccc1C#N. The molecule has 0 atom stereocenters. The minimum absolute atomic E-state index is 0.0570. The van der Waals surface area contributed by atoms with E-state index in [1.54, 1.807) is 6.07 Å². The van der Waals surface area contributed by atoms with Gasteiger partial charge in [-0.05, 0) is 24.5 Å². The highest BCUT2D eigenvalue weighted by molar-refractivity contribution is 5.44. The molecule has 0 aliphatic heterocycles. The summed E-state index contributed by atoms with van der Waals surface area (Å²) in [7, 11) is 0. The first kappa shape index (κ1) is 13.1. The standard InChI is InChI=1S/C12H9F3N2/c1-2-3-4-5-10-9(8-16)6-7-11(17-10)12(13,14)15/h6-7H,2-3H2,1H3. The summed E-state index contributed by atoms with van der Waals surface area (Å²) >= 11 is 0. The van der Waals surface area contributed by atoms with Gasteiger partial charge in [0.05, 0.1) is 5.56 Å². The largest absolute Gasteiger partial charge is 0.433 e. The third-order valence-electron chi connectivity index (χ3n) is 1.89. The van der Waals surface area contributed by atoms with Crippen molar-refractivity contribution in [3.63, 3.8) is 0 Å². The van der Waals surface area contributed by atoms with Crippen molar-refractivity contribution in [3.8, 4) is 17.9 Å². The summed E-state index contributed by atoms with van der Waals surface area (Å²) in [5.74, 6) is 5.17. The zero-order valence-electron chi connectivity index (χ0n) is 9.10. The van der Waals surface area contributed by atoms with Crippen molar-refractivity contribution in [1.29, 1.82) is 5.26 Å². The third-order valence-corrected chi connectivity index (χ3v) is 1.89. The lowest BCUT2D eigenvalue weighted by molar-refractivity contribution is -0.141. The molecule has 0 saturated carbocycles. The second-order valence-corrected chi connectivity index (χ2v) is 3.25. The Kier molecular flexibility index (Phi) is 4.12. The van der Waals surface area contributed by atoms with Gasteiger partial charge in [0.25, 0.3) is 0 Å². The van der Waals surface area contributed by atoms with Crippen molar-refractivity contribution in [3.05, 3.63) is 29.1 Å². The van der Waals surface area contributed by atoms with E-state index < -0.39 is 11.9 Å². The van der Waals surface area contributed by atoms with Gasteiger partial charge in [0.2, 0.25) is 0 Å². The molecule has 0 unspecified atom stereocenters. The fourth-order valence-electron chi connectivity index (χ4n) is 1.07. The molecular weight excluding hydrogens is 229 g/mol. The number of halogens is 3. The lowest BCUT2D eigenvalue weighted by Crippen LogP contribution is -2.09. The van der Waals surface area contributed by atoms with Gasteiger partial charge in [0, 0.05) is 6.42 Å².